The third kappa shape index (κ3) is 5.09. The molecule has 8 heteroatoms. The Morgan fingerprint density at radius 3 is 2.68 bits per heavy atom. The molecule has 0 radical (unpaired) electrons. The predicted octanol–water partition coefficient (Wildman–Crippen LogP) is 1.14. The number of aryl methyl sites for hydroxylation is 1. The Balaban J connectivity index is 2.54. The third-order valence-corrected chi connectivity index (χ3v) is 3.80. The first-order valence-electron chi connectivity index (χ1n) is 5.54. The van der Waals surface area contributed by atoms with Gasteiger partial charge >= 0.3 is 0 Å². The summed E-state index contributed by atoms with van der Waals surface area (Å²) in [6.07, 6.45) is -2.56. The quantitative estimate of drug-likeness (QED) is 0.583. The number of nitrogens with two attached hydrogens (primary N) is 1. The van der Waals surface area contributed by atoms with E-state index in [0.29, 0.717) is 5.69 Å². The van der Waals surface area contributed by atoms with Crippen molar-refractivity contribution in [3.63, 3.8) is 0 Å². The minimum absolute atomic E-state index is 0.0319. The molecule has 0 saturated heterocycles. The number of nitrogens with one attached hydrogen (secondary N) is 1. The molecule has 5 nitrogen and oxygen atoms in total. The van der Waals surface area contributed by atoms with Crippen LogP contribution in [0.15, 0.2) is 23.1 Å². The van der Waals surface area contributed by atoms with Gasteiger partial charge in [0.1, 0.15) is 6.61 Å². The zero-order valence-electron chi connectivity index (χ0n) is 10.4. The van der Waals surface area contributed by atoms with Crippen LogP contribution in [0.4, 0.5) is 14.5 Å². The molecule has 0 amide bonds. The lowest BCUT2D eigenvalue weighted by Gasteiger charge is -2.09. The third-order valence-electron chi connectivity index (χ3n) is 2.34. The van der Waals surface area contributed by atoms with E-state index in [1.807, 2.05) is 0 Å². The van der Waals surface area contributed by atoms with E-state index in [1.165, 1.54) is 12.1 Å². The highest BCUT2D eigenvalue weighted by atomic mass is 32.2. The van der Waals surface area contributed by atoms with Crippen LogP contribution in [0.25, 0.3) is 0 Å². The molecular formula is C11H16F2N2O3S. The highest BCUT2D eigenvalue weighted by molar-refractivity contribution is 7.89. The van der Waals surface area contributed by atoms with Gasteiger partial charge < -0.3 is 10.5 Å². The molecule has 1 rings (SSSR count). The van der Waals surface area contributed by atoms with Crippen molar-refractivity contribution in [1.82, 2.24) is 4.72 Å². The van der Waals surface area contributed by atoms with Gasteiger partial charge in [-0.15, -0.1) is 0 Å². The lowest BCUT2D eigenvalue weighted by atomic mass is 10.2. The smallest absolute Gasteiger partial charge is 0.261 e. The van der Waals surface area contributed by atoms with Gasteiger partial charge in [-0.2, -0.15) is 0 Å². The number of hydrogen-bond acceptors (Lipinski definition) is 4. The molecule has 0 bridgehead atoms. The summed E-state index contributed by atoms with van der Waals surface area (Å²) in [5, 5.41) is 0. The van der Waals surface area contributed by atoms with Gasteiger partial charge in [-0.05, 0) is 24.6 Å². The number of rotatable bonds is 7. The summed E-state index contributed by atoms with van der Waals surface area (Å²) < 4.78 is 54.0. The normalized spacial score (nSPS) is 12.0. The maximum Gasteiger partial charge on any atom is 0.261 e. The molecule has 0 heterocycles. The van der Waals surface area contributed by atoms with Crippen molar-refractivity contribution >= 4 is 15.7 Å². The van der Waals surface area contributed by atoms with Gasteiger partial charge in [-0.1, -0.05) is 6.07 Å². The first-order valence-corrected chi connectivity index (χ1v) is 7.03. The van der Waals surface area contributed by atoms with Crippen molar-refractivity contribution in [3.05, 3.63) is 23.8 Å². The van der Waals surface area contributed by atoms with Crippen molar-refractivity contribution in [2.45, 2.75) is 18.2 Å². The first kappa shape index (κ1) is 15.8. The molecule has 0 unspecified atom stereocenters. The van der Waals surface area contributed by atoms with Crippen molar-refractivity contribution in [3.8, 4) is 0 Å². The van der Waals surface area contributed by atoms with Gasteiger partial charge in [0.05, 0.1) is 11.5 Å². The summed E-state index contributed by atoms with van der Waals surface area (Å²) in [6.45, 7) is 0.851. The fourth-order valence-corrected chi connectivity index (χ4v) is 2.34. The molecule has 0 atom stereocenters. The van der Waals surface area contributed by atoms with Crippen LogP contribution < -0.4 is 10.5 Å². The minimum atomic E-state index is -3.70. The number of halogens is 2. The fraction of sp³-hybridized carbons (Fsp3) is 0.455. The number of ether oxygens (including phenoxy) is 1. The van der Waals surface area contributed by atoms with Gasteiger partial charge in [0.2, 0.25) is 10.0 Å². The molecule has 0 saturated carbocycles. The second-order valence-electron chi connectivity index (χ2n) is 3.88. The molecule has 1 aromatic carbocycles. The molecule has 1 aromatic rings. The summed E-state index contributed by atoms with van der Waals surface area (Å²) in [7, 11) is -3.70. The van der Waals surface area contributed by atoms with Crippen LogP contribution in [-0.2, 0) is 14.8 Å². The van der Waals surface area contributed by atoms with Gasteiger partial charge in [0.15, 0.2) is 0 Å². The summed E-state index contributed by atoms with van der Waals surface area (Å²) in [4.78, 5) is 0.0319. The van der Waals surface area contributed by atoms with Crippen molar-refractivity contribution in [1.29, 1.82) is 0 Å². The SMILES string of the molecule is Cc1ccc(S(=O)(=O)NCCOCC(F)F)cc1N. The van der Waals surface area contributed by atoms with Crippen LogP contribution in [0.2, 0.25) is 0 Å². The van der Waals surface area contributed by atoms with E-state index in [4.69, 9.17) is 5.73 Å². The highest BCUT2D eigenvalue weighted by Crippen LogP contribution is 2.16. The van der Waals surface area contributed by atoms with E-state index in [2.05, 4.69) is 9.46 Å². The average Bonchev–Trinajstić information content (AvgIpc) is 2.31. The largest absolute Gasteiger partial charge is 0.398 e. The van der Waals surface area contributed by atoms with Gasteiger partial charge in [0, 0.05) is 12.2 Å². The van der Waals surface area contributed by atoms with Crippen LogP contribution >= 0.6 is 0 Å². The number of anilines is 1. The van der Waals surface area contributed by atoms with E-state index < -0.39 is 23.1 Å². The lowest BCUT2D eigenvalue weighted by molar-refractivity contribution is 0.0199. The fourth-order valence-electron chi connectivity index (χ4n) is 1.29. The number of hydrogen-bond donors (Lipinski definition) is 2. The van der Waals surface area contributed by atoms with Crippen LogP contribution in [0.1, 0.15) is 5.56 Å². The Morgan fingerprint density at radius 2 is 2.11 bits per heavy atom. The van der Waals surface area contributed by atoms with Crippen molar-refractivity contribution in [2.75, 3.05) is 25.5 Å². The summed E-state index contributed by atoms with van der Waals surface area (Å²) >= 11 is 0. The van der Waals surface area contributed by atoms with Crippen LogP contribution in [0, 0.1) is 6.92 Å². The van der Waals surface area contributed by atoms with Crippen molar-refractivity contribution in [2.24, 2.45) is 0 Å². The number of nitrogen functional groups attached to an aromatic ring is 1. The summed E-state index contributed by atoms with van der Waals surface area (Å²) in [5.41, 5.74) is 6.78. The second-order valence-corrected chi connectivity index (χ2v) is 5.65. The Kier molecular flexibility index (Phi) is 5.64. The maximum atomic E-state index is 11.8. The molecule has 0 aliphatic rings. The average molecular weight is 294 g/mol. The van der Waals surface area contributed by atoms with Crippen LogP contribution in [0.5, 0.6) is 0 Å². The number of alkyl halides is 2. The monoisotopic (exact) mass is 294 g/mol. The molecule has 0 spiro atoms. The van der Waals surface area contributed by atoms with E-state index in [-0.39, 0.29) is 18.0 Å². The Bertz CT molecular complexity index is 521. The molecule has 0 fully saturated rings. The molecule has 19 heavy (non-hydrogen) atoms. The molecule has 0 aliphatic carbocycles. The standard InChI is InChI=1S/C11H16F2N2O3S/c1-8-2-3-9(6-10(8)14)19(16,17)15-4-5-18-7-11(12)13/h2-3,6,11,15H,4-5,7,14H2,1H3. The lowest BCUT2D eigenvalue weighted by Crippen LogP contribution is -2.28. The van der Waals surface area contributed by atoms with Gasteiger partial charge in [-0.3, -0.25) is 0 Å². The number of benzene rings is 1. The Morgan fingerprint density at radius 1 is 1.42 bits per heavy atom. The topological polar surface area (TPSA) is 81.4 Å². The molecule has 108 valence electrons. The van der Waals surface area contributed by atoms with E-state index in [0.717, 1.165) is 5.56 Å². The highest BCUT2D eigenvalue weighted by Gasteiger charge is 2.14. The molecule has 3 N–H and O–H groups in total. The van der Waals surface area contributed by atoms with Crippen LogP contribution in [0.3, 0.4) is 0 Å². The van der Waals surface area contributed by atoms with Gasteiger partial charge in [0.25, 0.3) is 6.43 Å². The van der Waals surface area contributed by atoms with Crippen molar-refractivity contribution < 1.29 is 21.9 Å². The Hall–Kier alpha value is -1.25. The molecular weight excluding hydrogens is 278 g/mol. The first-order chi connectivity index (χ1) is 8.83. The van der Waals surface area contributed by atoms with Crippen LogP contribution in [-0.4, -0.2) is 34.6 Å². The minimum Gasteiger partial charge on any atom is -0.398 e. The van der Waals surface area contributed by atoms with E-state index in [9.17, 15) is 17.2 Å². The zero-order chi connectivity index (χ0) is 14.5. The van der Waals surface area contributed by atoms with Gasteiger partial charge in [-0.25, -0.2) is 21.9 Å². The predicted molar refractivity (Wildman–Crippen MR) is 67.6 cm³/mol. The molecule has 0 aromatic heterocycles. The zero-order valence-corrected chi connectivity index (χ0v) is 11.2. The van der Waals surface area contributed by atoms with E-state index >= 15 is 0 Å². The molecule has 0 aliphatic heterocycles. The Labute approximate surface area is 110 Å². The summed E-state index contributed by atoms with van der Waals surface area (Å²) in [5.74, 6) is 0. The second kappa shape index (κ2) is 6.78. The summed E-state index contributed by atoms with van der Waals surface area (Å²) in [6, 6.07) is 4.36. The maximum absolute atomic E-state index is 11.8. The van der Waals surface area contributed by atoms with E-state index in [1.54, 1.807) is 13.0 Å². The number of sulfonamides is 1.